The molecule has 1 N–H and O–H groups in total. The SMILES string of the molecule is O=C(Nc1ccncc1)c1ccc(S(=O)(=O)N2CCCC2)cc1. The number of rotatable bonds is 4. The van der Waals surface area contributed by atoms with E-state index in [-0.39, 0.29) is 10.8 Å². The maximum Gasteiger partial charge on any atom is 0.255 e. The second-order valence-electron chi connectivity index (χ2n) is 5.33. The molecule has 1 aliphatic rings. The Morgan fingerprint density at radius 2 is 1.61 bits per heavy atom. The van der Waals surface area contributed by atoms with E-state index in [0.717, 1.165) is 12.8 Å². The second-order valence-corrected chi connectivity index (χ2v) is 7.26. The predicted molar refractivity (Wildman–Crippen MR) is 86.6 cm³/mol. The largest absolute Gasteiger partial charge is 0.322 e. The highest BCUT2D eigenvalue weighted by atomic mass is 32.2. The number of carbonyl (C=O) groups is 1. The molecule has 2 aromatic rings. The van der Waals surface area contributed by atoms with Crippen LogP contribution in [0.1, 0.15) is 23.2 Å². The lowest BCUT2D eigenvalue weighted by Gasteiger charge is -2.15. The highest BCUT2D eigenvalue weighted by Crippen LogP contribution is 2.21. The van der Waals surface area contributed by atoms with E-state index in [9.17, 15) is 13.2 Å². The van der Waals surface area contributed by atoms with Crippen LogP contribution in [-0.4, -0.2) is 36.7 Å². The van der Waals surface area contributed by atoms with Crippen molar-refractivity contribution < 1.29 is 13.2 Å². The summed E-state index contributed by atoms with van der Waals surface area (Å²) >= 11 is 0. The Bertz CT molecular complexity index is 783. The van der Waals surface area contributed by atoms with Crippen molar-refractivity contribution in [2.24, 2.45) is 0 Å². The molecular formula is C16H17N3O3S. The summed E-state index contributed by atoms with van der Waals surface area (Å²) in [5.41, 5.74) is 1.04. The Morgan fingerprint density at radius 3 is 2.22 bits per heavy atom. The zero-order valence-electron chi connectivity index (χ0n) is 12.5. The van der Waals surface area contributed by atoms with Crippen molar-refractivity contribution in [3.63, 3.8) is 0 Å². The third-order valence-electron chi connectivity index (χ3n) is 3.76. The van der Waals surface area contributed by atoms with Crippen LogP contribution in [-0.2, 0) is 10.0 Å². The highest BCUT2D eigenvalue weighted by molar-refractivity contribution is 7.89. The summed E-state index contributed by atoms with van der Waals surface area (Å²) in [5, 5.41) is 2.73. The third kappa shape index (κ3) is 3.40. The Kier molecular flexibility index (Phi) is 4.40. The molecule has 1 aromatic heterocycles. The number of hydrogen-bond donors (Lipinski definition) is 1. The minimum absolute atomic E-state index is 0.222. The first-order valence-corrected chi connectivity index (χ1v) is 8.83. The summed E-state index contributed by atoms with van der Waals surface area (Å²) in [4.78, 5) is 16.2. The van der Waals surface area contributed by atoms with Crippen LogP contribution < -0.4 is 5.32 Å². The lowest BCUT2D eigenvalue weighted by Crippen LogP contribution is -2.27. The van der Waals surface area contributed by atoms with E-state index in [4.69, 9.17) is 0 Å². The number of pyridine rings is 1. The molecule has 0 aliphatic carbocycles. The molecule has 1 fully saturated rings. The molecule has 23 heavy (non-hydrogen) atoms. The molecule has 0 spiro atoms. The molecule has 7 heteroatoms. The number of nitrogens with one attached hydrogen (secondary N) is 1. The molecule has 6 nitrogen and oxygen atoms in total. The van der Waals surface area contributed by atoms with Gasteiger partial charge in [0.05, 0.1) is 4.90 Å². The third-order valence-corrected chi connectivity index (χ3v) is 5.67. The van der Waals surface area contributed by atoms with Crippen LogP contribution in [0.4, 0.5) is 5.69 Å². The zero-order valence-corrected chi connectivity index (χ0v) is 13.3. The number of aromatic nitrogens is 1. The summed E-state index contributed by atoms with van der Waals surface area (Å²) in [7, 11) is -3.45. The van der Waals surface area contributed by atoms with Crippen molar-refractivity contribution in [2.45, 2.75) is 17.7 Å². The molecule has 2 heterocycles. The first kappa shape index (κ1) is 15.6. The minimum atomic E-state index is -3.45. The van der Waals surface area contributed by atoms with Gasteiger partial charge in [-0.15, -0.1) is 0 Å². The van der Waals surface area contributed by atoms with Gasteiger partial charge < -0.3 is 5.32 Å². The van der Waals surface area contributed by atoms with Crippen LogP contribution in [0.2, 0.25) is 0 Å². The van der Waals surface area contributed by atoms with Crippen molar-refractivity contribution in [1.82, 2.24) is 9.29 Å². The summed E-state index contributed by atoms with van der Waals surface area (Å²) in [6.07, 6.45) is 4.96. The Morgan fingerprint density at radius 1 is 1.00 bits per heavy atom. The van der Waals surface area contributed by atoms with Crippen molar-refractivity contribution in [2.75, 3.05) is 18.4 Å². The van der Waals surface area contributed by atoms with Gasteiger partial charge in [0, 0.05) is 36.7 Å². The van der Waals surface area contributed by atoms with Gasteiger partial charge >= 0.3 is 0 Å². The van der Waals surface area contributed by atoms with E-state index >= 15 is 0 Å². The van der Waals surface area contributed by atoms with Gasteiger partial charge in [0.25, 0.3) is 5.91 Å². The number of anilines is 1. The number of benzene rings is 1. The molecule has 3 rings (SSSR count). The first-order chi connectivity index (χ1) is 11.1. The monoisotopic (exact) mass is 331 g/mol. The molecule has 0 unspecified atom stereocenters. The number of sulfonamides is 1. The lowest BCUT2D eigenvalue weighted by molar-refractivity contribution is 0.102. The molecule has 0 bridgehead atoms. The van der Waals surface area contributed by atoms with Crippen molar-refractivity contribution in [1.29, 1.82) is 0 Å². The standard InChI is InChI=1S/C16H17N3O3S/c20-16(18-14-7-9-17-10-8-14)13-3-5-15(6-4-13)23(21,22)19-11-1-2-12-19/h3-10H,1-2,11-12H2,(H,17,18,20). The fourth-order valence-corrected chi connectivity index (χ4v) is 4.01. The number of nitrogens with zero attached hydrogens (tertiary/aromatic N) is 2. The molecule has 0 radical (unpaired) electrons. The quantitative estimate of drug-likeness (QED) is 0.931. The van der Waals surface area contributed by atoms with E-state index in [1.54, 1.807) is 24.5 Å². The zero-order chi connectivity index (χ0) is 16.3. The van der Waals surface area contributed by atoms with Crippen LogP contribution in [0.25, 0.3) is 0 Å². The number of amides is 1. The maximum atomic E-state index is 12.4. The Balaban J connectivity index is 1.75. The van der Waals surface area contributed by atoms with Gasteiger partial charge in [-0.25, -0.2) is 8.42 Å². The summed E-state index contributed by atoms with van der Waals surface area (Å²) < 4.78 is 26.3. The average Bonchev–Trinajstić information content (AvgIpc) is 3.11. The van der Waals surface area contributed by atoms with Gasteiger partial charge in [0.15, 0.2) is 0 Å². The van der Waals surface area contributed by atoms with Gasteiger partial charge in [0.1, 0.15) is 0 Å². The predicted octanol–water partition coefficient (Wildman–Crippen LogP) is 2.12. The topological polar surface area (TPSA) is 79.4 Å². The van der Waals surface area contributed by atoms with Gasteiger partial charge in [-0.1, -0.05) is 0 Å². The maximum absolute atomic E-state index is 12.4. The van der Waals surface area contributed by atoms with E-state index in [2.05, 4.69) is 10.3 Å². The van der Waals surface area contributed by atoms with Crippen molar-refractivity contribution in [3.05, 3.63) is 54.4 Å². The van der Waals surface area contributed by atoms with Crippen molar-refractivity contribution >= 4 is 21.6 Å². The molecule has 120 valence electrons. The first-order valence-electron chi connectivity index (χ1n) is 7.39. The van der Waals surface area contributed by atoms with E-state index in [0.29, 0.717) is 24.3 Å². The highest BCUT2D eigenvalue weighted by Gasteiger charge is 2.27. The molecule has 1 saturated heterocycles. The van der Waals surface area contributed by atoms with Crippen molar-refractivity contribution in [3.8, 4) is 0 Å². The van der Waals surface area contributed by atoms with Crippen LogP contribution in [0.3, 0.4) is 0 Å². The Labute approximate surface area is 135 Å². The van der Waals surface area contributed by atoms with Crippen LogP contribution in [0.5, 0.6) is 0 Å². The molecule has 0 saturated carbocycles. The van der Waals surface area contributed by atoms with E-state index in [1.165, 1.54) is 28.6 Å². The number of hydrogen-bond acceptors (Lipinski definition) is 4. The van der Waals surface area contributed by atoms with Crippen LogP contribution in [0, 0.1) is 0 Å². The minimum Gasteiger partial charge on any atom is -0.322 e. The molecule has 1 aliphatic heterocycles. The van der Waals surface area contributed by atoms with Crippen LogP contribution >= 0.6 is 0 Å². The van der Waals surface area contributed by atoms with Gasteiger partial charge in [-0.05, 0) is 49.2 Å². The summed E-state index contributed by atoms with van der Waals surface area (Å²) in [6, 6.07) is 9.39. The molecule has 0 atom stereocenters. The lowest BCUT2D eigenvalue weighted by atomic mass is 10.2. The van der Waals surface area contributed by atoms with E-state index in [1.807, 2.05) is 0 Å². The smallest absolute Gasteiger partial charge is 0.255 e. The second kappa shape index (κ2) is 6.47. The van der Waals surface area contributed by atoms with Crippen LogP contribution in [0.15, 0.2) is 53.7 Å². The normalized spacial score (nSPS) is 15.5. The Hall–Kier alpha value is -2.25. The summed E-state index contributed by atoms with van der Waals surface area (Å²) in [5.74, 6) is -0.290. The molecule has 1 aromatic carbocycles. The molecular weight excluding hydrogens is 314 g/mol. The average molecular weight is 331 g/mol. The fraction of sp³-hybridized carbons (Fsp3) is 0.250. The fourth-order valence-electron chi connectivity index (χ4n) is 2.49. The van der Waals surface area contributed by atoms with E-state index < -0.39 is 10.0 Å². The summed E-state index contributed by atoms with van der Waals surface area (Å²) in [6.45, 7) is 1.12. The van der Waals surface area contributed by atoms with Gasteiger partial charge in [0.2, 0.25) is 10.0 Å². The van der Waals surface area contributed by atoms with Gasteiger partial charge in [-0.2, -0.15) is 4.31 Å². The number of carbonyl (C=O) groups excluding carboxylic acids is 1. The molecule has 1 amide bonds. The van der Waals surface area contributed by atoms with Gasteiger partial charge in [-0.3, -0.25) is 9.78 Å².